The number of aryl methyl sites for hydroxylation is 1. The van der Waals surface area contributed by atoms with Crippen molar-refractivity contribution >= 4 is 17.4 Å². The number of nitrogens with zero attached hydrogens (tertiary/aromatic N) is 1. The zero-order chi connectivity index (χ0) is 15.0. The van der Waals surface area contributed by atoms with E-state index >= 15 is 0 Å². The Balaban J connectivity index is 1.95. The van der Waals surface area contributed by atoms with Crippen molar-refractivity contribution in [3.63, 3.8) is 0 Å². The molecule has 2 N–H and O–H groups in total. The number of hydrogen-bond donors (Lipinski definition) is 2. The predicted molar refractivity (Wildman–Crippen MR) is 77.9 cm³/mol. The van der Waals surface area contributed by atoms with E-state index in [1.54, 1.807) is 12.3 Å². The molecule has 20 heavy (non-hydrogen) atoms. The van der Waals surface area contributed by atoms with Crippen molar-refractivity contribution in [1.82, 2.24) is 9.69 Å². The molecule has 0 saturated heterocycles. The molecule has 1 heterocycles. The molecule has 2 rings (SSSR count). The number of carbonyl (C=O) groups excluding carboxylic acids is 1. The molecule has 1 aliphatic carbocycles. The predicted octanol–water partition coefficient (Wildman–Crippen LogP) is 1.75. The summed E-state index contributed by atoms with van der Waals surface area (Å²) in [6.07, 6.45) is 0.591. The van der Waals surface area contributed by atoms with Crippen LogP contribution in [0.3, 0.4) is 0 Å². The topological polar surface area (TPSA) is 71.5 Å². The van der Waals surface area contributed by atoms with Gasteiger partial charge in [-0.25, -0.2) is 0 Å². The fraction of sp³-hybridized carbons (Fsp3) is 0.714. The first-order chi connectivity index (χ1) is 9.32. The molecule has 1 saturated carbocycles. The lowest BCUT2D eigenvalue weighted by molar-refractivity contribution is -0.237. The minimum Gasteiger partial charge on any atom is -0.387 e. The second-order valence-electron chi connectivity index (χ2n) is 5.90. The number of amides is 1. The molecular formula is C14H22N2O3S. The van der Waals surface area contributed by atoms with Gasteiger partial charge in [-0.2, -0.15) is 4.37 Å². The summed E-state index contributed by atoms with van der Waals surface area (Å²) in [6, 6.07) is 0. The van der Waals surface area contributed by atoms with Crippen LogP contribution in [0.2, 0.25) is 0 Å². The van der Waals surface area contributed by atoms with Crippen LogP contribution >= 0.6 is 11.5 Å². The number of carbonyl (C=O) groups is 1. The van der Waals surface area contributed by atoms with Crippen LogP contribution in [0.5, 0.6) is 0 Å². The maximum Gasteiger partial charge on any atom is 0.254 e. The van der Waals surface area contributed by atoms with Crippen molar-refractivity contribution in [2.24, 2.45) is 5.41 Å². The molecule has 0 radical (unpaired) electrons. The zero-order valence-corrected chi connectivity index (χ0v) is 13.2. The molecule has 1 aliphatic rings. The standard InChI is InChI=1S/C14H22N2O3S/c1-5-19-11-6-14(18,13(11,3)4)8-15-12(17)10-7-20-16-9(10)2/h7,11,18H,5-6,8H2,1-4H3,(H,15,17)/t11-,14+/m1/s1. The van der Waals surface area contributed by atoms with E-state index in [1.165, 1.54) is 11.5 Å². The maximum absolute atomic E-state index is 12.0. The van der Waals surface area contributed by atoms with Gasteiger partial charge >= 0.3 is 0 Å². The molecule has 2 atom stereocenters. The van der Waals surface area contributed by atoms with E-state index in [1.807, 2.05) is 20.8 Å². The highest BCUT2D eigenvalue weighted by molar-refractivity contribution is 7.03. The van der Waals surface area contributed by atoms with Crippen molar-refractivity contribution in [2.75, 3.05) is 13.2 Å². The number of aromatic nitrogens is 1. The van der Waals surface area contributed by atoms with Crippen LogP contribution < -0.4 is 5.32 Å². The summed E-state index contributed by atoms with van der Waals surface area (Å²) >= 11 is 1.26. The average Bonchev–Trinajstić information content (AvgIpc) is 2.82. The number of hydrogen-bond acceptors (Lipinski definition) is 5. The first kappa shape index (κ1) is 15.4. The smallest absolute Gasteiger partial charge is 0.254 e. The molecule has 0 aliphatic heterocycles. The number of ether oxygens (including phenoxy) is 1. The van der Waals surface area contributed by atoms with Gasteiger partial charge in [0.05, 0.1) is 23.0 Å². The van der Waals surface area contributed by atoms with Crippen LogP contribution in [-0.4, -0.2) is 40.2 Å². The highest BCUT2D eigenvalue weighted by Gasteiger charge is 2.59. The van der Waals surface area contributed by atoms with Crippen molar-refractivity contribution in [1.29, 1.82) is 0 Å². The molecule has 1 amide bonds. The lowest BCUT2D eigenvalue weighted by Gasteiger charge is -2.57. The minimum atomic E-state index is -0.917. The summed E-state index contributed by atoms with van der Waals surface area (Å²) in [7, 11) is 0. The number of rotatable bonds is 5. The average molecular weight is 298 g/mol. The normalized spacial score (nSPS) is 27.9. The second-order valence-corrected chi connectivity index (χ2v) is 6.53. The van der Waals surface area contributed by atoms with Gasteiger partial charge < -0.3 is 15.2 Å². The third-order valence-corrected chi connectivity index (χ3v) is 5.15. The Morgan fingerprint density at radius 3 is 2.85 bits per heavy atom. The highest BCUT2D eigenvalue weighted by Crippen LogP contribution is 2.50. The van der Waals surface area contributed by atoms with Crippen molar-refractivity contribution in [3.8, 4) is 0 Å². The quantitative estimate of drug-likeness (QED) is 0.868. The van der Waals surface area contributed by atoms with Crippen LogP contribution in [0.4, 0.5) is 0 Å². The molecule has 0 unspecified atom stereocenters. The summed E-state index contributed by atoms with van der Waals surface area (Å²) in [4.78, 5) is 12.0. The molecule has 0 bridgehead atoms. The third kappa shape index (κ3) is 2.47. The Kier molecular flexibility index (Phi) is 4.18. The first-order valence-electron chi connectivity index (χ1n) is 6.85. The van der Waals surface area contributed by atoms with Gasteiger partial charge in [0, 0.05) is 30.4 Å². The fourth-order valence-electron chi connectivity index (χ4n) is 2.59. The zero-order valence-electron chi connectivity index (χ0n) is 12.4. The van der Waals surface area contributed by atoms with Gasteiger partial charge in [-0.1, -0.05) is 13.8 Å². The van der Waals surface area contributed by atoms with Crippen LogP contribution in [-0.2, 0) is 4.74 Å². The van der Waals surface area contributed by atoms with E-state index in [0.29, 0.717) is 18.6 Å². The fourth-order valence-corrected chi connectivity index (χ4v) is 3.29. The van der Waals surface area contributed by atoms with Gasteiger partial charge in [0.1, 0.15) is 0 Å². The van der Waals surface area contributed by atoms with Gasteiger partial charge in [-0.15, -0.1) is 0 Å². The van der Waals surface area contributed by atoms with Crippen LogP contribution in [0.15, 0.2) is 5.38 Å². The summed E-state index contributed by atoms with van der Waals surface area (Å²) in [6.45, 7) is 8.56. The minimum absolute atomic E-state index is 0.0407. The Morgan fingerprint density at radius 1 is 1.65 bits per heavy atom. The highest BCUT2D eigenvalue weighted by atomic mass is 32.1. The number of aliphatic hydroxyl groups is 1. The SMILES string of the molecule is CCO[C@@H]1C[C@](O)(CNC(=O)c2csnc2C)C1(C)C. The molecule has 112 valence electrons. The van der Waals surface area contributed by atoms with Gasteiger partial charge in [-0.3, -0.25) is 4.79 Å². The lowest BCUT2D eigenvalue weighted by atomic mass is 9.56. The van der Waals surface area contributed by atoms with Crippen LogP contribution in [0.1, 0.15) is 43.2 Å². The van der Waals surface area contributed by atoms with Gasteiger partial charge in [0.25, 0.3) is 5.91 Å². The van der Waals surface area contributed by atoms with Crippen molar-refractivity contribution < 1.29 is 14.6 Å². The van der Waals surface area contributed by atoms with Crippen LogP contribution in [0, 0.1) is 12.3 Å². The van der Waals surface area contributed by atoms with E-state index in [2.05, 4.69) is 9.69 Å². The van der Waals surface area contributed by atoms with Gasteiger partial charge in [0.2, 0.25) is 0 Å². The summed E-state index contributed by atoms with van der Waals surface area (Å²) in [5, 5.41) is 15.2. The first-order valence-corrected chi connectivity index (χ1v) is 7.68. The molecule has 1 fully saturated rings. The van der Waals surface area contributed by atoms with Crippen LogP contribution in [0.25, 0.3) is 0 Å². The van der Waals surface area contributed by atoms with Gasteiger partial charge in [0.15, 0.2) is 0 Å². The Bertz CT molecular complexity index is 500. The molecule has 5 nitrogen and oxygen atoms in total. The van der Waals surface area contributed by atoms with E-state index < -0.39 is 5.60 Å². The molecule has 1 aromatic heterocycles. The summed E-state index contributed by atoms with van der Waals surface area (Å²) < 4.78 is 9.69. The Labute approximate surface area is 123 Å². The van der Waals surface area contributed by atoms with E-state index in [-0.39, 0.29) is 24.0 Å². The largest absolute Gasteiger partial charge is 0.387 e. The van der Waals surface area contributed by atoms with Crippen molar-refractivity contribution in [2.45, 2.75) is 45.8 Å². The molecule has 0 spiro atoms. The summed E-state index contributed by atoms with van der Waals surface area (Å²) in [5.41, 5.74) is 0.0228. The summed E-state index contributed by atoms with van der Waals surface area (Å²) in [5.74, 6) is -0.180. The monoisotopic (exact) mass is 298 g/mol. The second kappa shape index (κ2) is 5.42. The number of nitrogens with one attached hydrogen (secondary N) is 1. The molecule has 1 aromatic rings. The molecular weight excluding hydrogens is 276 g/mol. The van der Waals surface area contributed by atoms with Gasteiger partial charge in [-0.05, 0) is 25.4 Å². The van der Waals surface area contributed by atoms with Crippen molar-refractivity contribution in [3.05, 3.63) is 16.6 Å². The van der Waals surface area contributed by atoms with E-state index in [4.69, 9.17) is 4.74 Å². The lowest BCUT2D eigenvalue weighted by Crippen LogP contribution is -2.68. The van der Waals surface area contributed by atoms with E-state index in [9.17, 15) is 9.90 Å². The molecule has 0 aromatic carbocycles. The third-order valence-electron chi connectivity index (χ3n) is 4.43. The molecule has 6 heteroatoms. The Morgan fingerprint density at radius 2 is 2.35 bits per heavy atom. The van der Waals surface area contributed by atoms with E-state index in [0.717, 1.165) is 5.69 Å². The maximum atomic E-state index is 12.0. The Hall–Kier alpha value is -0.980.